The lowest BCUT2D eigenvalue weighted by molar-refractivity contribution is -0.130. The first-order valence-corrected chi connectivity index (χ1v) is 10.5. The summed E-state index contributed by atoms with van der Waals surface area (Å²) >= 11 is 9.25. The number of hydrogen-bond acceptors (Lipinski definition) is 5. The second kappa shape index (κ2) is 7.42. The number of hydrogen-bond donors (Lipinski definition) is 0. The monoisotopic (exact) mass is 404 g/mol. The molecule has 1 amide bonds. The zero-order valence-electron chi connectivity index (χ0n) is 14.1. The minimum atomic E-state index is 0.125. The molecule has 0 spiro atoms. The molecule has 0 fully saturated rings. The first-order valence-electron chi connectivity index (χ1n) is 8.28. The molecule has 1 aromatic carbocycles. The van der Waals surface area contributed by atoms with Crippen LogP contribution < -0.4 is 0 Å². The molecule has 1 aliphatic heterocycles. The fourth-order valence-electron chi connectivity index (χ4n) is 3.19. The Morgan fingerprint density at radius 3 is 3.15 bits per heavy atom. The smallest absolute Gasteiger partial charge is 0.233 e. The van der Waals surface area contributed by atoms with Gasteiger partial charge >= 0.3 is 0 Å². The van der Waals surface area contributed by atoms with Gasteiger partial charge in [-0.25, -0.2) is 0 Å². The number of rotatable bonds is 4. The number of thiophene rings is 1. The van der Waals surface area contributed by atoms with E-state index in [1.165, 1.54) is 22.2 Å². The molecule has 1 aliphatic rings. The van der Waals surface area contributed by atoms with E-state index in [0.717, 1.165) is 18.7 Å². The molecule has 134 valence electrons. The lowest BCUT2D eigenvalue weighted by atomic mass is 10.0. The Hall–Kier alpha value is -1.83. The highest BCUT2D eigenvalue weighted by Gasteiger charge is 2.28. The molecule has 3 heterocycles. The van der Waals surface area contributed by atoms with Crippen LogP contribution in [0.4, 0.5) is 0 Å². The topological polar surface area (TPSA) is 51.0 Å². The van der Waals surface area contributed by atoms with Gasteiger partial charge in [-0.2, -0.15) is 0 Å². The fourth-order valence-corrected chi connectivity index (χ4v) is 5.15. The Morgan fingerprint density at radius 2 is 2.31 bits per heavy atom. The van der Waals surface area contributed by atoms with Crippen molar-refractivity contribution in [3.8, 4) is 5.69 Å². The number of fused-ring (bicyclic) bond motifs is 1. The summed E-state index contributed by atoms with van der Waals surface area (Å²) in [6, 6.07) is 9.75. The van der Waals surface area contributed by atoms with Crippen molar-refractivity contribution in [3.63, 3.8) is 0 Å². The van der Waals surface area contributed by atoms with Gasteiger partial charge in [0.1, 0.15) is 6.33 Å². The number of thioether (sulfide) groups is 1. The third kappa shape index (κ3) is 3.39. The van der Waals surface area contributed by atoms with Gasteiger partial charge in [0.2, 0.25) is 5.91 Å². The molecule has 8 heteroatoms. The molecule has 0 saturated carbocycles. The maximum absolute atomic E-state index is 12.8. The lowest BCUT2D eigenvalue weighted by Gasteiger charge is -2.33. The molecule has 3 aromatic rings. The molecular formula is C18H17ClN4OS2. The summed E-state index contributed by atoms with van der Waals surface area (Å²) in [5.74, 6) is 0.461. The van der Waals surface area contributed by atoms with Gasteiger partial charge in [-0.05, 0) is 48.6 Å². The summed E-state index contributed by atoms with van der Waals surface area (Å²) in [5, 5.41) is 11.6. The molecule has 2 aromatic heterocycles. The first kappa shape index (κ1) is 17.6. The van der Waals surface area contributed by atoms with Crippen LogP contribution in [0.5, 0.6) is 0 Å². The van der Waals surface area contributed by atoms with Crippen molar-refractivity contribution in [1.82, 2.24) is 19.7 Å². The highest BCUT2D eigenvalue weighted by Crippen LogP contribution is 2.33. The number of carbonyl (C=O) groups is 1. The van der Waals surface area contributed by atoms with Gasteiger partial charge in [-0.3, -0.25) is 9.36 Å². The van der Waals surface area contributed by atoms with E-state index in [0.29, 0.717) is 15.9 Å². The molecule has 5 nitrogen and oxygen atoms in total. The summed E-state index contributed by atoms with van der Waals surface area (Å²) in [7, 11) is 0. The second-order valence-corrected chi connectivity index (χ2v) is 8.44. The predicted octanol–water partition coefficient (Wildman–Crippen LogP) is 4.22. The zero-order valence-corrected chi connectivity index (χ0v) is 16.5. The molecule has 0 aliphatic carbocycles. The van der Waals surface area contributed by atoms with E-state index < -0.39 is 0 Å². The first-order chi connectivity index (χ1) is 12.6. The quantitative estimate of drug-likeness (QED) is 0.611. The van der Waals surface area contributed by atoms with Crippen molar-refractivity contribution in [2.24, 2.45) is 0 Å². The van der Waals surface area contributed by atoms with E-state index in [1.54, 1.807) is 17.7 Å². The molecule has 1 atom stereocenters. The van der Waals surface area contributed by atoms with Crippen LogP contribution in [0.25, 0.3) is 5.69 Å². The molecule has 0 saturated heterocycles. The standard InChI is InChI=1S/C18H17ClN4OS2/c1-12-15-6-8-25-16(15)5-7-22(12)17(24)10-26-18-21-20-11-23(18)14-4-2-3-13(19)9-14/h2-4,6,8-9,11-12H,5,7,10H2,1H3. The summed E-state index contributed by atoms with van der Waals surface area (Å²) in [4.78, 5) is 16.1. The maximum Gasteiger partial charge on any atom is 0.233 e. The van der Waals surface area contributed by atoms with Crippen LogP contribution in [0, 0.1) is 0 Å². The molecule has 0 bridgehead atoms. The van der Waals surface area contributed by atoms with E-state index in [1.807, 2.05) is 33.7 Å². The Kier molecular flexibility index (Phi) is 5.02. The lowest BCUT2D eigenvalue weighted by Crippen LogP contribution is -2.39. The summed E-state index contributed by atoms with van der Waals surface area (Å²) in [5.41, 5.74) is 2.16. The molecule has 0 N–H and O–H groups in total. The second-order valence-electron chi connectivity index (χ2n) is 6.06. The Bertz CT molecular complexity index is 939. The minimum absolute atomic E-state index is 0.125. The molecule has 26 heavy (non-hydrogen) atoms. The van der Waals surface area contributed by atoms with E-state index in [2.05, 4.69) is 28.6 Å². The number of benzene rings is 1. The van der Waals surface area contributed by atoms with Crippen LogP contribution in [-0.4, -0.2) is 37.9 Å². The van der Waals surface area contributed by atoms with Gasteiger partial charge in [-0.15, -0.1) is 21.5 Å². The third-order valence-corrected chi connectivity index (χ3v) is 6.68. The Morgan fingerprint density at radius 1 is 1.42 bits per heavy atom. The number of aromatic nitrogens is 3. The van der Waals surface area contributed by atoms with Gasteiger partial charge in [0.25, 0.3) is 0 Å². The average molecular weight is 405 g/mol. The zero-order chi connectivity index (χ0) is 18.1. The van der Waals surface area contributed by atoms with Crippen molar-refractivity contribution < 1.29 is 4.79 Å². The predicted molar refractivity (Wildman–Crippen MR) is 105 cm³/mol. The minimum Gasteiger partial charge on any atom is -0.335 e. The van der Waals surface area contributed by atoms with Crippen LogP contribution in [0.3, 0.4) is 0 Å². The van der Waals surface area contributed by atoms with Gasteiger partial charge < -0.3 is 4.90 Å². The number of nitrogens with zero attached hydrogens (tertiary/aromatic N) is 4. The molecule has 0 radical (unpaired) electrons. The van der Waals surface area contributed by atoms with Crippen LogP contribution >= 0.6 is 34.7 Å². The van der Waals surface area contributed by atoms with Crippen LogP contribution in [0.1, 0.15) is 23.4 Å². The SMILES string of the molecule is CC1c2ccsc2CCN1C(=O)CSc1nncn1-c1cccc(Cl)c1. The number of halogens is 1. The van der Waals surface area contributed by atoms with Crippen LogP contribution in [0.15, 0.2) is 47.2 Å². The molecule has 1 unspecified atom stereocenters. The molecular weight excluding hydrogens is 388 g/mol. The van der Waals surface area contributed by atoms with Gasteiger partial charge in [-0.1, -0.05) is 29.4 Å². The van der Waals surface area contributed by atoms with E-state index in [4.69, 9.17) is 11.6 Å². The van der Waals surface area contributed by atoms with Crippen molar-refractivity contribution in [2.75, 3.05) is 12.3 Å². The average Bonchev–Trinajstić information content (AvgIpc) is 3.29. The number of carbonyl (C=O) groups excluding carboxylic acids is 1. The largest absolute Gasteiger partial charge is 0.335 e. The van der Waals surface area contributed by atoms with E-state index in [-0.39, 0.29) is 11.9 Å². The summed E-state index contributed by atoms with van der Waals surface area (Å²) in [6.07, 6.45) is 2.58. The van der Waals surface area contributed by atoms with Crippen LogP contribution in [-0.2, 0) is 11.2 Å². The Balaban J connectivity index is 1.46. The van der Waals surface area contributed by atoms with Gasteiger partial charge in [0.05, 0.1) is 17.5 Å². The third-order valence-electron chi connectivity index (χ3n) is 4.53. The Labute approximate surface area is 165 Å². The maximum atomic E-state index is 12.8. The van der Waals surface area contributed by atoms with Crippen molar-refractivity contribution in [1.29, 1.82) is 0 Å². The van der Waals surface area contributed by atoms with E-state index in [9.17, 15) is 4.79 Å². The van der Waals surface area contributed by atoms with Gasteiger partial charge in [0, 0.05) is 16.4 Å². The van der Waals surface area contributed by atoms with Crippen molar-refractivity contribution in [3.05, 3.63) is 57.5 Å². The summed E-state index contributed by atoms with van der Waals surface area (Å²) < 4.78 is 1.85. The highest BCUT2D eigenvalue weighted by molar-refractivity contribution is 7.99. The van der Waals surface area contributed by atoms with Crippen molar-refractivity contribution in [2.45, 2.75) is 24.5 Å². The van der Waals surface area contributed by atoms with Crippen molar-refractivity contribution >= 4 is 40.6 Å². The van der Waals surface area contributed by atoms with Gasteiger partial charge in [0.15, 0.2) is 5.16 Å². The fraction of sp³-hybridized carbons (Fsp3) is 0.278. The van der Waals surface area contributed by atoms with Crippen LogP contribution in [0.2, 0.25) is 5.02 Å². The molecule has 4 rings (SSSR count). The normalized spacial score (nSPS) is 16.5. The van der Waals surface area contributed by atoms with E-state index >= 15 is 0 Å². The highest BCUT2D eigenvalue weighted by atomic mass is 35.5. The summed E-state index contributed by atoms with van der Waals surface area (Å²) in [6.45, 7) is 2.87. The number of amides is 1.